The highest BCUT2D eigenvalue weighted by atomic mass is 79.9. The van der Waals surface area contributed by atoms with Gasteiger partial charge in [-0.3, -0.25) is 4.79 Å². The Morgan fingerprint density at radius 1 is 1.55 bits per heavy atom. The van der Waals surface area contributed by atoms with Crippen molar-refractivity contribution in [2.75, 3.05) is 0 Å². The van der Waals surface area contributed by atoms with Crippen molar-refractivity contribution < 1.29 is 4.79 Å². The zero-order valence-electron chi connectivity index (χ0n) is 11.8. The molecule has 4 nitrogen and oxygen atoms in total. The molecule has 3 rings (SSSR count). The topological polar surface area (TPSA) is 69.5 Å². The van der Waals surface area contributed by atoms with Gasteiger partial charge in [-0.05, 0) is 24.6 Å². The summed E-state index contributed by atoms with van der Waals surface area (Å²) in [6, 6.07) is 7.92. The molecule has 2 aromatic heterocycles. The third kappa shape index (κ3) is 2.70. The molecule has 0 amide bonds. The molecule has 1 aromatic carbocycles. The molecule has 0 saturated carbocycles. The monoisotopic (exact) mass is 373 g/mol. The number of aromatic nitrogens is 2. The smallest absolute Gasteiger partial charge is 0.161 e. The predicted molar refractivity (Wildman–Crippen MR) is 89.9 cm³/mol. The van der Waals surface area contributed by atoms with Crippen LogP contribution in [0.3, 0.4) is 0 Å². The van der Waals surface area contributed by atoms with Gasteiger partial charge in [0, 0.05) is 39.1 Å². The Hall–Kier alpha value is -1.97. The summed E-state index contributed by atoms with van der Waals surface area (Å²) in [5.74, 6) is -0.931. The van der Waals surface area contributed by atoms with Crippen LogP contribution in [0.5, 0.6) is 0 Å². The highest BCUT2D eigenvalue weighted by Crippen LogP contribution is 2.29. The van der Waals surface area contributed by atoms with Crippen molar-refractivity contribution in [1.29, 1.82) is 5.26 Å². The molecule has 22 heavy (non-hydrogen) atoms. The molecule has 3 aromatic rings. The van der Waals surface area contributed by atoms with E-state index in [1.165, 1.54) is 11.3 Å². The molecule has 110 valence electrons. The average molecular weight is 374 g/mol. The van der Waals surface area contributed by atoms with Gasteiger partial charge < -0.3 is 4.98 Å². The number of nitriles is 1. The minimum atomic E-state index is -0.800. The van der Waals surface area contributed by atoms with E-state index < -0.39 is 5.92 Å². The van der Waals surface area contributed by atoms with Crippen molar-refractivity contribution in [2.24, 2.45) is 0 Å². The Labute approximate surface area is 139 Å². The number of hydrogen-bond acceptors (Lipinski definition) is 4. The number of thiazole rings is 1. The van der Waals surface area contributed by atoms with Crippen LogP contribution in [-0.2, 0) is 11.2 Å². The number of Topliss-reactive ketones (excluding diaryl/α,β-unsaturated/α-hetero) is 1. The molecule has 6 heteroatoms. The number of carbonyl (C=O) groups is 1. The number of fused-ring (bicyclic) bond motifs is 1. The fraction of sp³-hybridized carbons (Fsp3) is 0.188. The van der Waals surface area contributed by atoms with Crippen molar-refractivity contribution in [2.45, 2.75) is 19.3 Å². The van der Waals surface area contributed by atoms with Crippen LogP contribution in [0.25, 0.3) is 10.9 Å². The van der Waals surface area contributed by atoms with E-state index in [9.17, 15) is 10.1 Å². The molecule has 0 unspecified atom stereocenters. The van der Waals surface area contributed by atoms with Gasteiger partial charge >= 0.3 is 0 Å². The van der Waals surface area contributed by atoms with E-state index in [1.54, 1.807) is 0 Å². The van der Waals surface area contributed by atoms with Crippen LogP contribution in [0, 0.1) is 18.3 Å². The maximum Gasteiger partial charge on any atom is 0.161 e. The lowest BCUT2D eigenvalue weighted by Crippen LogP contribution is -2.13. The third-order valence-corrected chi connectivity index (χ3v) is 5.12. The second-order valence-electron chi connectivity index (χ2n) is 5.01. The van der Waals surface area contributed by atoms with Crippen LogP contribution >= 0.6 is 27.3 Å². The number of H-pyrrole nitrogens is 1. The van der Waals surface area contributed by atoms with Gasteiger partial charge in [0.25, 0.3) is 0 Å². The summed E-state index contributed by atoms with van der Waals surface area (Å²) < 4.78 is 0.938. The highest BCUT2D eigenvalue weighted by molar-refractivity contribution is 9.10. The van der Waals surface area contributed by atoms with Gasteiger partial charge in [0.15, 0.2) is 11.7 Å². The zero-order chi connectivity index (χ0) is 15.7. The first-order valence-corrected chi connectivity index (χ1v) is 8.36. The Morgan fingerprint density at radius 2 is 2.36 bits per heavy atom. The van der Waals surface area contributed by atoms with Gasteiger partial charge in [-0.2, -0.15) is 5.26 Å². The summed E-state index contributed by atoms with van der Waals surface area (Å²) in [7, 11) is 0. The minimum Gasteiger partial charge on any atom is -0.361 e. The number of ketones is 1. The normalized spacial score (nSPS) is 12.2. The molecule has 0 saturated heterocycles. The molecule has 0 aliphatic heterocycles. The number of rotatable bonds is 4. The number of halogens is 1. The van der Waals surface area contributed by atoms with Gasteiger partial charge in [-0.1, -0.05) is 22.0 Å². The number of nitrogens with zero attached hydrogens (tertiary/aromatic N) is 2. The molecule has 1 atom stereocenters. The van der Waals surface area contributed by atoms with E-state index in [4.69, 9.17) is 0 Å². The largest absolute Gasteiger partial charge is 0.361 e. The second-order valence-corrected chi connectivity index (χ2v) is 6.75. The summed E-state index contributed by atoms with van der Waals surface area (Å²) in [6.45, 7) is 1.86. The molecule has 1 N–H and O–H groups in total. The van der Waals surface area contributed by atoms with E-state index in [-0.39, 0.29) is 12.2 Å². The minimum absolute atomic E-state index is 0.131. The number of nitrogens with one attached hydrogen (secondary N) is 1. The standard InChI is InChI=1S/C16H12BrN3OS/c1-9-8-22-16(20-9)11(6-18)14(21)5-10-7-19-13-4-2-3-12(17)15(10)13/h2-4,7-8,11,19H,5H2,1H3/t11-/m1/s1. The molecule has 0 aliphatic rings. The number of aryl methyl sites for hydroxylation is 1. The maximum atomic E-state index is 12.5. The first-order chi connectivity index (χ1) is 10.6. The number of carbonyl (C=O) groups excluding carboxylic acids is 1. The Morgan fingerprint density at radius 3 is 3.05 bits per heavy atom. The molecule has 0 bridgehead atoms. The number of aromatic amines is 1. The van der Waals surface area contributed by atoms with Crippen molar-refractivity contribution >= 4 is 44.0 Å². The SMILES string of the molecule is Cc1csc([C@H](C#N)C(=O)Cc2c[nH]c3cccc(Br)c23)n1. The molecule has 0 radical (unpaired) electrons. The Balaban J connectivity index is 1.91. The fourth-order valence-corrected chi connectivity index (χ4v) is 3.89. The quantitative estimate of drug-likeness (QED) is 0.747. The van der Waals surface area contributed by atoms with E-state index in [0.717, 1.165) is 26.6 Å². The number of benzene rings is 1. The van der Waals surface area contributed by atoms with E-state index >= 15 is 0 Å². The van der Waals surface area contributed by atoms with Crippen LogP contribution in [0.2, 0.25) is 0 Å². The zero-order valence-corrected chi connectivity index (χ0v) is 14.2. The molecular weight excluding hydrogens is 362 g/mol. The maximum absolute atomic E-state index is 12.5. The first kappa shape index (κ1) is 14.9. The molecular formula is C16H12BrN3OS. The van der Waals surface area contributed by atoms with Gasteiger partial charge in [-0.25, -0.2) is 4.98 Å². The van der Waals surface area contributed by atoms with Crippen LogP contribution in [-0.4, -0.2) is 15.8 Å². The highest BCUT2D eigenvalue weighted by Gasteiger charge is 2.24. The van der Waals surface area contributed by atoms with E-state index in [0.29, 0.717) is 5.01 Å². The molecule has 0 spiro atoms. The van der Waals surface area contributed by atoms with Crippen LogP contribution in [0.4, 0.5) is 0 Å². The molecule has 0 fully saturated rings. The van der Waals surface area contributed by atoms with E-state index in [1.807, 2.05) is 36.7 Å². The van der Waals surface area contributed by atoms with Crippen molar-refractivity contribution in [3.8, 4) is 6.07 Å². The van der Waals surface area contributed by atoms with Crippen molar-refractivity contribution in [3.05, 3.63) is 50.5 Å². The Bertz CT molecular complexity index is 890. The molecule has 0 aliphatic carbocycles. The van der Waals surface area contributed by atoms with Gasteiger partial charge in [0.1, 0.15) is 5.01 Å². The van der Waals surface area contributed by atoms with Crippen LogP contribution < -0.4 is 0 Å². The summed E-state index contributed by atoms with van der Waals surface area (Å²) in [4.78, 5) is 19.9. The summed E-state index contributed by atoms with van der Waals surface area (Å²) >= 11 is 4.87. The third-order valence-electron chi connectivity index (χ3n) is 3.44. The lowest BCUT2D eigenvalue weighted by Gasteiger charge is -2.05. The van der Waals surface area contributed by atoms with Crippen LogP contribution in [0.1, 0.15) is 22.2 Å². The lowest BCUT2D eigenvalue weighted by molar-refractivity contribution is -0.118. The van der Waals surface area contributed by atoms with E-state index in [2.05, 4.69) is 32.0 Å². The average Bonchev–Trinajstić information content (AvgIpc) is 3.08. The summed E-state index contributed by atoms with van der Waals surface area (Å²) in [6.07, 6.45) is 2.04. The Kier molecular flexibility index (Phi) is 4.10. The molecule has 2 heterocycles. The van der Waals surface area contributed by atoms with Crippen LogP contribution in [0.15, 0.2) is 34.2 Å². The second kappa shape index (κ2) is 6.03. The van der Waals surface area contributed by atoms with Crippen molar-refractivity contribution in [1.82, 2.24) is 9.97 Å². The van der Waals surface area contributed by atoms with Gasteiger partial charge in [0.05, 0.1) is 6.07 Å². The van der Waals surface area contributed by atoms with Gasteiger partial charge in [-0.15, -0.1) is 11.3 Å². The number of hydrogen-bond donors (Lipinski definition) is 1. The lowest BCUT2D eigenvalue weighted by atomic mass is 9.99. The van der Waals surface area contributed by atoms with Crippen molar-refractivity contribution in [3.63, 3.8) is 0 Å². The fourth-order valence-electron chi connectivity index (χ4n) is 2.41. The summed E-state index contributed by atoms with van der Waals surface area (Å²) in [5.41, 5.74) is 2.69. The first-order valence-electron chi connectivity index (χ1n) is 6.69. The predicted octanol–water partition coefficient (Wildman–Crippen LogP) is 4.11. The van der Waals surface area contributed by atoms with Gasteiger partial charge in [0.2, 0.25) is 0 Å². The summed E-state index contributed by atoms with van der Waals surface area (Å²) in [5, 5.41) is 12.8.